The maximum atomic E-state index is 13.4. The maximum Gasteiger partial charge on any atom is 0.496 e. The van der Waals surface area contributed by atoms with Gasteiger partial charge in [0, 0.05) is 17.7 Å². The van der Waals surface area contributed by atoms with Crippen LogP contribution >= 0.6 is 0 Å². The SMILES string of the molecule is COc1ncc(B2OC(C)(C)C(C)(C)O2)cc1S(=O)(=O)Nc1ccc(F)c(F)c1. The Bertz CT molecular complexity index is 1030. The molecule has 2 aromatic rings. The topological polar surface area (TPSA) is 86.8 Å². The van der Waals surface area contributed by atoms with Crippen molar-refractivity contribution in [3.63, 3.8) is 0 Å². The molecule has 1 aromatic heterocycles. The molecule has 1 aliphatic rings. The Labute approximate surface area is 168 Å². The first-order valence-corrected chi connectivity index (χ1v) is 10.2. The molecule has 7 nitrogen and oxygen atoms in total. The van der Waals surface area contributed by atoms with Crippen molar-refractivity contribution < 1.29 is 31.2 Å². The minimum absolute atomic E-state index is 0.146. The highest BCUT2D eigenvalue weighted by Gasteiger charge is 2.52. The van der Waals surface area contributed by atoms with Gasteiger partial charge in [0.15, 0.2) is 11.6 Å². The third-order valence-electron chi connectivity index (χ3n) is 5.02. The van der Waals surface area contributed by atoms with Crippen molar-refractivity contribution in [3.8, 4) is 5.88 Å². The molecule has 1 fully saturated rings. The molecule has 156 valence electrons. The van der Waals surface area contributed by atoms with Gasteiger partial charge in [-0.15, -0.1) is 0 Å². The molecule has 1 saturated heterocycles. The molecule has 3 rings (SSSR count). The normalized spacial score (nSPS) is 18.0. The zero-order chi connectivity index (χ0) is 21.6. The fraction of sp³-hybridized carbons (Fsp3) is 0.389. The molecule has 0 saturated carbocycles. The van der Waals surface area contributed by atoms with Crippen LogP contribution in [0, 0.1) is 11.6 Å². The highest BCUT2D eigenvalue weighted by atomic mass is 32.2. The number of pyridine rings is 1. The van der Waals surface area contributed by atoms with Crippen LogP contribution in [0.25, 0.3) is 0 Å². The van der Waals surface area contributed by atoms with Crippen molar-refractivity contribution in [1.82, 2.24) is 4.98 Å². The minimum atomic E-state index is -4.23. The molecule has 1 aliphatic heterocycles. The van der Waals surface area contributed by atoms with Crippen LogP contribution in [0.2, 0.25) is 0 Å². The van der Waals surface area contributed by atoms with Crippen molar-refractivity contribution in [2.45, 2.75) is 43.8 Å². The summed E-state index contributed by atoms with van der Waals surface area (Å²) in [7, 11) is -3.80. The van der Waals surface area contributed by atoms with E-state index in [0.29, 0.717) is 5.46 Å². The molecule has 0 unspecified atom stereocenters. The zero-order valence-electron chi connectivity index (χ0n) is 16.6. The summed E-state index contributed by atoms with van der Waals surface area (Å²) >= 11 is 0. The number of nitrogens with zero attached hydrogens (tertiary/aromatic N) is 1. The first-order valence-electron chi connectivity index (χ1n) is 8.74. The van der Waals surface area contributed by atoms with Crippen molar-refractivity contribution in [2.24, 2.45) is 0 Å². The summed E-state index contributed by atoms with van der Waals surface area (Å²) in [6, 6.07) is 3.98. The number of aromatic nitrogens is 1. The Balaban J connectivity index is 1.98. The highest BCUT2D eigenvalue weighted by Crippen LogP contribution is 2.36. The van der Waals surface area contributed by atoms with Gasteiger partial charge >= 0.3 is 7.12 Å². The van der Waals surface area contributed by atoms with Gasteiger partial charge in [-0.1, -0.05) is 0 Å². The number of rotatable bonds is 5. The van der Waals surface area contributed by atoms with Crippen LogP contribution in [0.1, 0.15) is 27.7 Å². The summed E-state index contributed by atoms with van der Waals surface area (Å²) in [5.74, 6) is -2.43. The van der Waals surface area contributed by atoms with Crippen LogP contribution in [0.3, 0.4) is 0 Å². The number of halogens is 2. The van der Waals surface area contributed by atoms with E-state index in [0.717, 1.165) is 18.2 Å². The second kappa shape index (κ2) is 7.23. The number of ether oxygens (including phenoxy) is 1. The van der Waals surface area contributed by atoms with E-state index < -0.39 is 40.0 Å². The van der Waals surface area contributed by atoms with E-state index >= 15 is 0 Å². The number of hydrogen-bond acceptors (Lipinski definition) is 6. The summed E-state index contributed by atoms with van der Waals surface area (Å²) in [4.78, 5) is 3.75. The van der Waals surface area contributed by atoms with E-state index in [1.165, 1.54) is 19.4 Å². The Morgan fingerprint density at radius 2 is 1.69 bits per heavy atom. The lowest BCUT2D eigenvalue weighted by atomic mass is 9.80. The molecule has 2 heterocycles. The number of hydrogen-bond donors (Lipinski definition) is 1. The van der Waals surface area contributed by atoms with E-state index in [-0.39, 0.29) is 16.5 Å². The third kappa shape index (κ3) is 4.07. The predicted molar refractivity (Wildman–Crippen MR) is 104 cm³/mol. The largest absolute Gasteiger partial charge is 0.496 e. The van der Waals surface area contributed by atoms with Gasteiger partial charge in [0.1, 0.15) is 4.90 Å². The summed E-state index contributed by atoms with van der Waals surface area (Å²) in [5.41, 5.74) is -1.02. The molecule has 0 spiro atoms. The van der Waals surface area contributed by atoms with Gasteiger partial charge in [0.05, 0.1) is 24.0 Å². The Morgan fingerprint density at radius 3 is 2.24 bits per heavy atom. The number of anilines is 1. The second-order valence-corrected chi connectivity index (χ2v) is 9.25. The van der Waals surface area contributed by atoms with Gasteiger partial charge < -0.3 is 14.0 Å². The van der Waals surface area contributed by atoms with Crippen molar-refractivity contribution in [1.29, 1.82) is 0 Å². The van der Waals surface area contributed by atoms with Gasteiger partial charge in [0.25, 0.3) is 10.0 Å². The van der Waals surface area contributed by atoms with Gasteiger partial charge in [-0.05, 0) is 45.9 Å². The number of methoxy groups -OCH3 is 1. The Kier molecular flexibility index (Phi) is 5.35. The van der Waals surface area contributed by atoms with E-state index in [9.17, 15) is 17.2 Å². The molecule has 11 heteroatoms. The smallest absolute Gasteiger partial charge is 0.480 e. The van der Waals surface area contributed by atoms with Crippen LogP contribution in [-0.2, 0) is 19.3 Å². The van der Waals surface area contributed by atoms with Crippen LogP contribution in [0.15, 0.2) is 35.4 Å². The summed E-state index contributed by atoms with van der Waals surface area (Å²) in [6.07, 6.45) is 1.40. The molecule has 1 N–H and O–H groups in total. The lowest BCUT2D eigenvalue weighted by Crippen LogP contribution is -2.41. The Morgan fingerprint density at radius 1 is 1.07 bits per heavy atom. The monoisotopic (exact) mass is 426 g/mol. The van der Waals surface area contributed by atoms with Crippen LogP contribution in [0.5, 0.6) is 5.88 Å². The number of nitrogens with one attached hydrogen (secondary N) is 1. The Hall–Kier alpha value is -2.24. The van der Waals surface area contributed by atoms with E-state index in [1.807, 2.05) is 27.7 Å². The number of benzene rings is 1. The van der Waals surface area contributed by atoms with E-state index in [4.69, 9.17) is 14.0 Å². The van der Waals surface area contributed by atoms with E-state index in [1.54, 1.807) is 0 Å². The quantitative estimate of drug-likeness (QED) is 0.740. The maximum absolute atomic E-state index is 13.4. The molecular formula is C18H21BF2N2O5S. The van der Waals surface area contributed by atoms with E-state index in [2.05, 4.69) is 9.71 Å². The van der Waals surface area contributed by atoms with Crippen molar-refractivity contribution >= 4 is 28.3 Å². The lowest BCUT2D eigenvalue weighted by molar-refractivity contribution is 0.00578. The molecule has 0 atom stereocenters. The summed E-state index contributed by atoms with van der Waals surface area (Å²) in [6.45, 7) is 7.47. The standard InChI is InChI=1S/C18H21BF2N2O5S/c1-17(2)18(3,4)28-19(27-17)11-8-15(16(26-5)22-10-11)29(24,25)23-12-6-7-13(20)14(21)9-12/h6-10,23H,1-5H3. The fourth-order valence-corrected chi connectivity index (χ4v) is 3.88. The second-order valence-electron chi connectivity index (χ2n) is 7.60. The molecule has 1 aromatic carbocycles. The summed E-state index contributed by atoms with van der Waals surface area (Å²) < 4.78 is 71.4. The van der Waals surface area contributed by atoms with Gasteiger partial charge in [-0.2, -0.15) is 0 Å². The summed E-state index contributed by atoms with van der Waals surface area (Å²) in [5, 5.41) is 0. The minimum Gasteiger partial charge on any atom is -0.480 e. The lowest BCUT2D eigenvalue weighted by Gasteiger charge is -2.32. The molecular weight excluding hydrogens is 405 g/mol. The van der Waals surface area contributed by atoms with Crippen molar-refractivity contribution in [2.75, 3.05) is 11.8 Å². The molecule has 0 bridgehead atoms. The first kappa shape index (κ1) is 21.5. The molecule has 0 amide bonds. The van der Waals surface area contributed by atoms with Crippen LogP contribution in [0.4, 0.5) is 14.5 Å². The van der Waals surface area contributed by atoms with Gasteiger partial charge in [0.2, 0.25) is 5.88 Å². The predicted octanol–water partition coefficient (Wildman–Crippen LogP) is 2.47. The van der Waals surface area contributed by atoms with Gasteiger partial charge in [-0.25, -0.2) is 22.2 Å². The molecule has 29 heavy (non-hydrogen) atoms. The van der Waals surface area contributed by atoms with Crippen molar-refractivity contribution in [3.05, 3.63) is 42.1 Å². The van der Waals surface area contributed by atoms with Crippen LogP contribution < -0.4 is 14.9 Å². The van der Waals surface area contributed by atoms with Gasteiger partial charge in [-0.3, -0.25) is 4.72 Å². The zero-order valence-corrected chi connectivity index (χ0v) is 17.4. The average molecular weight is 426 g/mol. The first-order chi connectivity index (χ1) is 13.4. The molecule has 0 aliphatic carbocycles. The molecule has 0 radical (unpaired) electrons. The average Bonchev–Trinajstić information content (AvgIpc) is 2.85. The fourth-order valence-electron chi connectivity index (χ4n) is 2.67. The van der Waals surface area contributed by atoms with Crippen LogP contribution in [-0.4, -0.2) is 38.8 Å². The highest BCUT2D eigenvalue weighted by molar-refractivity contribution is 7.92. The third-order valence-corrected chi connectivity index (χ3v) is 6.40. The number of sulfonamides is 1.